The Morgan fingerprint density at radius 1 is 0.383 bits per heavy atom. The van der Waals surface area contributed by atoms with Crippen molar-refractivity contribution in [1.82, 2.24) is 28.3 Å². The Morgan fingerprint density at radius 2 is 0.800 bits per heavy atom. The summed E-state index contributed by atoms with van der Waals surface area (Å²) in [6.45, 7) is 2.21. The van der Waals surface area contributed by atoms with Crippen molar-refractivity contribution in [3.05, 3.63) is 181 Å². The van der Waals surface area contributed by atoms with Gasteiger partial charge in [0.05, 0.1) is 44.1 Å². The molecular weight excluding hydrogens is 753 g/mol. The molecule has 0 saturated carbocycles. The van der Waals surface area contributed by atoms with E-state index in [0.29, 0.717) is 17.5 Å². The van der Waals surface area contributed by atoms with Crippen molar-refractivity contribution in [2.45, 2.75) is 12.2 Å². The highest BCUT2D eigenvalue weighted by Gasteiger charge is 2.26. The van der Waals surface area contributed by atoms with Gasteiger partial charge in [0.15, 0.2) is 17.5 Å². The molecule has 0 saturated heterocycles. The predicted molar refractivity (Wildman–Crippen MR) is 251 cm³/mol. The van der Waals surface area contributed by atoms with Crippen LogP contribution in [0.4, 0.5) is 0 Å². The maximum atomic E-state index is 5.22. The van der Waals surface area contributed by atoms with Crippen LogP contribution in [0, 0.1) is 0 Å². The number of aromatic nitrogens is 6. The number of benzene rings is 8. The van der Waals surface area contributed by atoms with Crippen molar-refractivity contribution in [1.29, 1.82) is 0 Å². The van der Waals surface area contributed by atoms with E-state index >= 15 is 0 Å². The van der Waals surface area contributed by atoms with Crippen LogP contribution in [0.15, 0.2) is 176 Å². The summed E-state index contributed by atoms with van der Waals surface area (Å²) in [7, 11) is 0. The zero-order chi connectivity index (χ0) is 39.6. The Bertz CT molecular complexity index is 3640. The van der Waals surface area contributed by atoms with E-state index in [1.807, 2.05) is 60.7 Å². The van der Waals surface area contributed by atoms with Crippen LogP contribution in [0.2, 0.25) is 0 Å². The van der Waals surface area contributed by atoms with Crippen LogP contribution < -0.4 is 0 Å². The highest BCUT2D eigenvalue weighted by molar-refractivity contribution is 7.80. The van der Waals surface area contributed by atoms with E-state index in [0.717, 1.165) is 44.4 Å². The van der Waals surface area contributed by atoms with Gasteiger partial charge in [-0.2, -0.15) is 12.6 Å². The first kappa shape index (κ1) is 33.5. The van der Waals surface area contributed by atoms with E-state index in [1.54, 1.807) is 0 Å². The summed E-state index contributed by atoms with van der Waals surface area (Å²) in [5, 5.41) is 7.39. The molecule has 13 rings (SSSR count). The minimum absolute atomic E-state index is 0.000307. The second kappa shape index (κ2) is 12.5. The molecule has 0 aliphatic carbocycles. The molecule has 282 valence electrons. The van der Waals surface area contributed by atoms with E-state index in [4.69, 9.17) is 27.6 Å². The van der Waals surface area contributed by atoms with E-state index in [2.05, 4.69) is 136 Å². The number of nitrogens with zero attached hydrogens (tertiary/aromatic N) is 6. The van der Waals surface area contributed by atoms with E-state index in [9.17, 15) is 0 Å². The Labute approximate surface area is 349 Å². The topological polar surface area (TPSA) is 52.4 Å². The molecule has 0 spiro atoms. The number of para-hydroxylation sites is 2. The minimum atomic E-state index is -0.000307. The van der Waals surface area contributed by atoms with Gasteiger partial charge in [-0.1, -0.05) is 121 Å². The van der Waals surface area contributed by atoms with Crippen LogP contribution in [0.5, 0.6) is 0 Å². The fraction of sp³-hybridized carbons (Fsp3) is 0.0377. The van der Waals surface area contributed by atoms with Crippen molar-refractivity contribution in [3.63, 3.8) is 0 Å². The lowest BCUT2D eigenvalue weighted by molar-refractivity contribution is 1.07. The average Bonchev–Trinajstić information content (AvgIpc) is 3.95. The van der Waals surface area contributed by atoms with Gasteiger partial charge >= 0.3 is 0 Å². The Kier molecular flexibility index (Phi) is 6.98. The molecule has 13 aromatic rings. The SMILES string of the molecule is CC(S)c1c2c3ccccc3n3c2cc2c1c1ccccc1n2c1cccc2c1c1c(cccc13)n2-c1cccc(-c2nc(-c3ccccc3)nc(-c3ccccc3)n2)c1. The van der Waals surface area contributed by atoms with Crippen LogP contribution in [0.1, 0.15) is 17.7 Å². The van der Waals surface area contributed by atoms with Gasteiger partial charge in [-0.05, 0) is 67.1 Å². The third-order valence-corrected chi connectivity index (χ3v) is 12.6. The zero-order valence-electron chi connectivity index (χ0n) is 32.5. The van der Waals surface area contributed by atoms with Gasteiger partial charge < -0.3 is 13.4 Å². The lowest BCUT2D eigenvalue weighted by Gasteiger charge is -2.12. The van der Waals surface area contributed by atoms with Crippen LogP contribution in [-0.4, -0.2) is 28.3 Å². The lowest BCUT2D eigenvalue weighted by Crippen LogP contribution is -2.01. The molecule has 1 unspecified atom stereocenters. The minimum Gasteiger partial charge on any atom is -0.309 e. The Morgan fingerprint density at radius 3 is 1.32 bits per heavy atom. The first-order chi connectivity index (χ1) is 29.6. The van der Waals surface area contributed by atoms with Crippen molar-refractivity contribution >= 4 is 89.1 Å². The second-order valence-electron chi connectivity index (χ2n) is 15.7. The normalized spacial score (nSPS) is 12.8. The predicted octanol–water partition coefficient (Wildman–Crippen LogP) is 13.5. The number of hydrogen-bond acceptors (Lipinski definition) is 4. The highest BCUT2D eigenvalue weighted by Crippen LogP contribution is 2.47. The molecule has 2 bridgehead atoms. The molecule has 0 aliphatic heterocycles. The first-order valence-electron chi connectivity index (χ1n) is 20.3. The molecule has 0 amide bonds. The maximum absolute atomic E-state index is 5.22. The molecule has 0 aliphatic rings. The summed E-state index contributed by atoms with van der Waals surface area (Å²) in [6, 6.07) is 62.6. The third-order valence-electron chi connectivity index (χ3n) is 12.4. The fourth-order valence-corrected chi connectivity index (χ4v) is 10.3. The van der Waals surface area contributed by atoms with Crippen LogP contribution in [-0.2, 0) is 0 Å². The van der Waals surface area contributed by atoms with E-state index < -0.39 is 0 Å². The Hall–Kier alpha value is -7.48. The largest absolute Gasteiger partial charge is 0.309 e. The summed E-state index contributed by atoms with van der Waals surface area (Å²) in [4.78, 5) is 15.2. The van der Waals surface area contributed by atoms with Gasteiger partial charge in [0.2, 0.25) is 0 Å². The van der Waals surface area contributed by atoms with Crippen LogP contribution >= 0.6 is 12.6 Å². The highest BCUT2D eigenvalue weighted by atomic mass is 32.1. The molecule has 8 aromatic carbocycles. The summed E-state index contributed by atoms with van der Waals surface area (Å²) in [6.07, 6.45) is 0. The molecule has 1 atom stereocenters. The van der Waals surface area contributed by atoms with Gasteiger partial charge in [0, 0.05) is 59.9 Å². The molecule has 6 nitrogen and oxygen atoms in total. The van der Waals surface area contributed by atoms with E-state index in [-0.39, 0.29) is 5.25 Å². The fourth-order valence-electron chi connectivity index (χ4n) is 9.99. The zero-order valence-corrected chi connectivity index (χ0v) is 33.3. The van der Waals surface area contributed by atoms with Crippen LogP contribution in [0.3, 0.4) is 0 Å². The van der Waals surface area contributed by atoms with Crippen LogP contribution in [0.25, 0.3) is 116 Å². The summed E-state index contributed by atoms with van der Waals surface area (Å²) < 4.78 is 7.41. The second-order valence-corrected chi connectivity index (χ2v) is 16.5. The summed E-state index contributed by atoms with van der Waals surface area (Å²) in [5.74, 6) is 1.90. The molecular formula is C53H34N6S. The van der Waals surface area contributed by atoms with Gasteiger partial charge in [-0.15, -0.1) is 0 Å². The molecule has 0 N–H and O–H groups in total. The van der Waals surface area contributed by atoms with Crippen molar-refractivity contribution < 1.29 is 0 Å². The average molecular weight is 787 g/mol. The summed E-state index contributed by atoms with van der Waals surface area (Å²) in [5.41, 5.74) is 14.4. The molecule has 7 heteroatoms. The van der Waals surface area contributed by atoms with Gasteiger partial charge in [-0.25, -0.2) is 15.0 Å². The standard InChI is InChI=1S/C53H34N6S/c1-31(60)46-47-36-21-8-10-23-38(36)58-42-27-13-25-40-49(42)50-41(26-14-28-43(50)59-39-24-11-9-22-37(39)48(46)45(59)30-44(47)58)57(40)35-20-12-19-34(29-35)53-55-51(32-15-4-2-5-16-32)54-52(56-53)33-17-6-3-7-18-33/h2-31,60H,1H3. The number of rotatable bonds is 5. The quantitative estimate of drug-likeness (QED) is 0.177. The van der Waals surface area contributed by atoms with Gasteiger partial charge in [-0.3, -0.25) is 0 Å². The van der Waals surface area contributed by atoms with Gasteiger partial charge in [0.1, 0.15) is 0 Å². The lowest BCUT2D eigenvalue weighted by atomic mass is 9.98. The monoisotopic (exact) mass is 786 g/mol. The number of hydrogen-bond donors (Lipinski definition) is 1. The first-order valence-corrected chi connectivity index (χ1v) is 20.9. The number of thiol groups is 1. The van der Waals surface area contributed by atoms with Crippen molar-refractivity contribution in [2.24, 2.45) is 0 Å². The summed E-state index contributed by atoms with van der Waals surface area (Å²) >= 11 is 5.22. The Balaban J connectivity index is 1.17. The smallest absolute Gasteiger partial charge is 0.164 e. The van der Waals surface area contributed by atoms with Gasteiger partial charge in [0.25, 0.3) is 0 Å². The molecule has 5 aromatic heterocycles. The third kappa shape index (κ3) is 4.58. The number of fused-ring (bicyclic) bond motifs is 8. The van der Waals surface area contributed by atoms with E-state index in [1.165, 1.54) is 59.9 Å². The maximum Gasteiger partial charge on any atom is 0.164 e. The molecule has 60 heavy (non-hydrogen) atoms. The molecule has 5 heterocycles. The molecule has 0 radical (unpaired) electrons. The van der Waals surface area contributed by atoms with Crippen molar-refractivity contribution in [3.8, 4) is 39.9 Å². The molecule has 0 fully saturated rings. The van der Waals surface area contributed by atoms with Crippen molar-refractivity contribution in [2.75, 3.05) is 0 Å².